The van der Waals surface area contributed by atoms with Crippen LogP contribution >= 0.6 is 23.2 Å². The molecule has 0 bridgehead atoms. The van der Waals surface area contributed by atoms with Crippen molar-refractivity contribution in [3.63, 3.8) is 0 Å². The maximum absolute atomic E-state index is 12.6. The third-order valence-electron chi connectivity index (χ3n) is 3.94. The Bertz CT molecular complexity index is 1140. The third kappa shape index (κ3) is 5.29. The van der Waals surface area contributed by atoms with E-state index in [4.69, 9.17) is 32.1 Å². The van der Waals surface area contributed by atoms with E-state index in [0.717, 1.165) is 11.3 Å². The number of nitrogens with zero attached hydrogens (tertiary/aromatic N) is 1. The summed E-state index contributed by atoms with van der Waals surface area (Å²) in [5, 5.41) is 0.490. The lowest BCUT2D eigenvalue weighted by Crippen LogP contribution is -2.11. The lowest BCUT2D eigenvalue weighted by atomic mass is 10.2. The van der Waals surface area contributed by atoms with Gasteiger partial charge in [-0.15, -0.1) is 0 Å². The number of rotatable bonds is 6. The van der Waals surface area contributed by atoms with Crippen LogP contribution in [-0.2, 0) is 10.1 Å². The first-order chi connectivity index (χ1) is 13.8. The minimum absolute atomic E-state index is 0.0509. The Morgan fingerprint density at radius 1 is 0.966 bits per heavy atom. The van der Waals surface area contributed by atoms with Gasteiger partial charge in [-0.1, -0.05) is 40.9 Å². The van der Waals surface area contributed by atoms with Crippen LogP contribution in [0.2, 0.25) is 10.0 Å². The fourth-order valence-electron chi connectivity index (χ4n) is 2.43. The molecule has 0 N–H and O–H groups in total. The Kier molecular flexibility index (Phi) is 6.47. The van der Waals surface area contributed by atoms with E-state index in [1.54, 1.807) is 18.3 Å². The molecule has 0 saturated carbocycles. The quantitative estimate of drug-likeness (QED) is 0.350. The molecular formula is C21H17Cl2NO4S. The number of aliphatic imine (C=N–C) groups is 1. The summed E-state index contributed by atoms with van der Waals surface area (Å²) in [6, 6.07) is 16.5. The summed E-state index contributed by atoms with van der Waals surface area (Å²) in [6.07, 6.45) is 1.61. The standard InChI is InChI=1S/C21H17Cl2NO4S/c1-14-3-7-17(8-4-14)24-13-15-11-19(23)21(20(12-15)27-2)28-29(25,26)18-9-5-16(22)6-10-18/h3-13H,1-2H3. The van der Waals surface area contributed by atoms with E-state index < -0.39 is 10.1 Å². The molecule has 0 atom stereocenters. The first-order valence-electron chi connectivity index (χ1n) is 8.47. The number of halogens is 2. The molecule has 3 aromatic carbocycles. The normalized spacial score (nSPS) is 11.6. The molecule has 0 amide bonds. The van der Waals surface area contributed by atoms with Crippen LogP contribution in [0.5, 0.6) is 11.5 Å². The molecule has 0 unspecified atom stereocenters. The molecule has 0 fully saturated rings. The molecule has 0 aromatic heterocycles. The average Bonchev–Trinajstić information content (AvgIpc) is 2.69. The Balaban J connectivity index is 1.90. The number of aryl methyl sites for hydroxylation is 1. The molecule has 0 saturated heterocycles. The molecule has 0 radical (unpaired) electrons. The van der Waals surface area contributed by atoms with Crippen LogP contribution in [0.3, 0.4) is 0 Å². The monoisotopic (exact) mass is 449 g/mol. The van der Waals surface area contributed by atoms with Crippen LogP contribution in [0.25, 0.3) is 0 Å². The summed E-state index contributed by atoms with van der Waals surface area (Å²) in [6.45, 7) is 1.99. The second-order valence-electron chi connectivity index (χ2n) is 6.12. The maximum Gasteiger partial charge on any atom is 0.339 e. The van der Waals surface area contributed by atoms with Crippen LogP contribution in [-0.4, -0.2) is 21.7 Å². The van der Waals surface area contributed by atoms with Crippen LogP contribution in [0.4, 0.5) is 5.69 Å². The van der Waals surface area contributed by atoms with Gasteiger partial charge in [0, 0.05) is 11.2 Å². The van der Waals surface area contributed by atoms with E-state index in [1.807, 2.05) is 31.2 Å². The van der Waals surface area contributed by atoms with Crippen molar-refractivity contribution in [2.45, 2.75) is 11.8 Å². The van der Waals surface area contributed by atoms with E-state index in [-0.39, 0.29) is 21.4 Å². The fourth-order valence-corrected chi connectivity index (χ4v) is 3.82. The average molecular weight is 450 g/mol. The van der Waals surface area contributed by atoms with Crippen LogP contribution in [0, 0.1) is 6.92 Å². The van der Waals surface area contributed by atoms with E-state index >= 15 is 0 Å². The Morgan fingerprint density at radius 2 is 1.62 bits per heavy atom. The molecule has 0 spiro atoms. The number of benzene rings is 3. The largest absolute Gasteiger partial charge is 0.493 e. The summed E-state index contributed by atoms with van der Waals surface area (Å²) in [5.74, 6) is 0.0667. The van der Waals surface area contributed by atoms with E-state index in [9.17, 15) is 8.42 Å². The predicted molar refractivity (Wildman–Crippen MR) is 116 cm³/mol. The van der Waals surface area contributed by atoms with Crippen molar-refractivity contribution in [1.29, 1.82) is 0 Å². The first kappa shape index (κ1) is 21.2. The molecular weight excluding hydrogens is 433 g/mol. The van der Waals surface area contributed by atoms with Gasteiger partial charge < -0.3 is 8.92 Å². The molecule has 0 aliphatic rings. The van der Waals surface area contributed by atoms with Crippen LogP contribution < -0.4 is 8.92 Å². The van der Waals surface area contributed by atoms with Gasteiger partial charge in [0.1, 0.15) is 4.90 Å². The van der Waals surface area contributed by atoms with E-state index in [1.165, 1.54) is 31.4 Å². The highest BCUT2D eigenvalue weighted by molar-refractivity contribution is 7.87. The van der Waals surface area contributed by atoms with Crippen molar-refractivity contribution in [3.05, 3.63) is 81.8 Å². The summed E-state index contributed by atoms with van der Waals surface area (Å²) >= 11 is 12.1. The van der Waals surface area contributed by atoms with Crippen molar-refractivity contribution >= 4 is 45.2 Å². The van der Waals surface area contributed by atoms with Crippen molar-refractivity contribution in [3.8, 4) is 11.5 Å². The summed E-state index contributed by atoms with van der Waals surface area (Å²) < 4.78 is 35.6. The lowest BCUT2D eigenvalue weighted by Gasteiger charge is -2.13. The Morgan fingerprint density at radius 3 is 2.24 bits per heavy atom. The molecule has 3 rings (SSSR count). The van der Waals surface area contributed by atoms with Gasteiger partial charge in [0.2, 0.25) is 5.75 Å². The van der Waals surface area contributed by atoms with Gasteiger partial charge in [0.05, 0.1) is 17.8 Å². The Hall–Kier alpha value is -2.54. The van der Waals surface area contributed by atoms with E-state index in [2.05, 4.69) is 4.99 Å². The molecule has 8 heteroatoms. The smallest absolute Gasteiger partial charge is 0.339 e. The summed E-state index contributed by atoms with van der Waals surface area (Å²) in [7, 11) is -2.72. The second kappa shape index (κ2) is 8.86. The van der Waals surface area contributed by atoms with Crippen LogP contribution in [0.15, 0.2) is 70.6 Å². The highest BCUT2D eigenvalue weighted by atomic mass is 35.5. The van der Waals surface area contributed by atoms with Crippen molar-refractivity contribution < 1.29 is 17.3 Å². The van der Waals surface area contributed by atoms with Gasteiger partial charge in [0.15, 0.2) is 5.75 Å². The van der Waals surface area contributed by atoms with Crippen molar-refractivity contribution in [1.82, 2.24) is 0 Å². The summed E-state index contributed by atoms with van der Waals surface area (Å²) in [5.41, 5.74) is 2.54. The zero-order valence-electron chi connectivity index (χ0n) is 15.6. The van der Waals surface area contributed by atoms with Crippen LogP contribution in [0.1, 0.15) is 11.1 Å². The molecule has 0 aliphatic carbocycles. The highest BCUT2D eigenvalue weighted by Crippen LogP contribution is 2.38. The van der Waals surface area contributed by atoms with E-state index in [0.29, 0.717) is 10.6 Å². The zero-order valence-corrected chi connectivity index (χ0v) is 17.9. The molecule has 5 nitrogen and oxygen atoms in total. The topological polar surface area (TPSA) is 65.0 Å². The number of methoxy groups -OCH3 is 1. The van der Waals surface area contributed by atoms with Crippen molar-refractivity contribution in [2.24, 2.45) is 4.99 Å². The molecule has 29 heavy (non-hydrogen) atoms. The lowest BCUT2D eigenvalue weighted by molar-refractivity contribution is 0.390. The highest BCUT2D eigenvalue weighted by Gasteiger charge is 2.22. The summed E-state index contributed by atoms with van der Waals surface area (Å²) in [4.78, 5) is 4.33. The second-order valence-corrected chi connectivity index (χ2v) is 8.51. The van der Waals surface area contributed by atoms with Gasteiger partial charge in [0.25, 0.3) is 0 Å². The number of hydrogen-bond acceptors (Lipinski definition) is 5. The van der Waals surface area contributed by atoms with Gasteiger partial charge in [-0.25, -0.2) is 0 Å². The number of hydrogen-bond donors (Lipinski definition) is 0. The van der Waals surface area contributed by atoms with Gasteiger partial charge in [-0.05, 0) is 61.0 Å². The predicted octanol–water partition coefficient (Wildman–Crippen LogP) is 5.83. The van der Waals surface area contributed by atoms with Gasteiger partial charge in [-0.2, -0.15) is 8.42 Å². The number of ether oxygens (including phenoxy) is 1. The first-order valence-corrected chi connectivity index (χ1v) is 10.6. The molecule has 150 valence electrons. The maximum atomic E-state index is 12.6. The fraction of sp³-hybridized carbons (Fsp3) is 0.0952. The minimum atomic E-state index is -4.11. The Labute approximate surface area is 179 Å². The SMILES string of the molecule is COc1cc(C=Nc2ccc(C)cc2)cc(Cl)c1OS(=O)(=O)c1ccc(Cl)cc1. The molecule has 3 aromatic rings. The molecule has 0 aliphatic heterocycles. The third-order valence-corrected chi connectivity index (χ3v) is 5.71. The van der Waals surface area contributed by atoms with Gasteiger partial charge >= 0.3 is 10.1 Å². The molecule has 0 heterocycles. The van der Waals surface area contributed by atoms with Crippen molar-refractivity contribution in [2.75, 3.05) is 7.11 Å². The zero-order chi connectivity index (χ0) is 21.0. The van der Waals surface area contributed by atoms with Gasteiger partial charge in [-0.3, -0.25) is 4.99 Å². The minimum Gasteiger partial charge on any atom is -0.493 e.